The Morgan fingerprint density at radius 2 is 1.41 bits per heavy atom. The van der Waals surface area contributed by atoms with E-state index in [-0.39, 0.29) is 18.7 Å². The maximum Gasteiger partial charge on any atom is 0.407 e. The van der Waals surface area contributed by atoms with E-state index < -0.39 is 0 Å². The number of carbonyl (C=O) groups is 1. The van der Waals surface area contributed by atoms with E-state index in [9.17, 15) is 4.79 Å². The van der Waals surface area contributed by atoms with Crippen molar-refractivity contribution < 1.29 is 9.53 Å². The van der Waals surface area contributed by atoms with Crippen LogP contribution < -0.4 is 32.7 Å². The van der Waals surface area contributed by atoms with Gasteiger partial charge in [0.1, 0.15) is 6.61 Å². The van der Waals surface area contributed by atoms with Crippen molar-refractivity contribution in [3.63, 3.8) is 0 Å². The Balaban J connectivity index is 2.09. The van der Waals surface area contributed by atoms with Gasteiger partial charge in [0.05, 0.1) is 0 Å². The van der Waals surface area contributed by atoms with Crippen LogP contribution in [0.15, 0.2) is 30.3 Å². The molecule has 0 aliphatic carbocycles. The Morgan fingerprint density at radius 3 is 2.09 bits per heavy atom. The van der Waals surface area contributed by atoms with Crippen LogP contribution in [0, 0.1) is 0 Å². The smallest absolute Gasteiger partial charge is 0.407 e. The number of ether oxygens (including phenoxy) is 1. The number of nitrogens with two attached hydrogens (primary N) is 2. The zero-order chi connectivity index (χ0) is 23.1. The highest BCUT2D eigenvalue weighted by molar-refractivity contribution is 5.67. The number of benzene rings is 1. The van der Waals surface area contributed by atoms with E-state index >= 15 is 0 Å². The number of hydrogen-bond acceptors (Lipinski definition) is 7. The summed E-state index contributed by atoms with van der Waals surface area (Å²) in [6, 6.07) is 9.76. The molecule has 1 amide bonds. The summed E-state index contributed by atoms with van der Waals surface area (Å²) in [5.74, 6) is 0. The van der Waals surface area contributed by atoms with E-state index in [1.165, 1.54) is 12.8 Å². The van der Waals surface area contributed by atoms with Crippen LogP contribution in [0.1, 0.15) is 50.5 Å². The molecule has 8 nitrogen and oxygen atoms in total. The molecule has 1 aromatic rings. The molecule has 0 saturated heterocycles. The van der Waals surface area contributed by atoms with Crippen LogP contribution in [0.4, 0.5) is 4.79 Å². The third kappa shape index (κ3) is 16.9. The Labute approximate surface area is 194 Å². The van der Waals surface area contributed by atoms with Crippen molar-refractivity contribution in [3.05, 3.63) is 35.9 Å². The first kappa shape index (κ1) is 28.3. The molecule has 0 aromatic heterocycles. The zero-order valence-corrected chi connectivity index (χ0v) is 19.7. The molecule has 32 heavy (non-hydrogen) atoms. The van der Waals surface area contributed by atoms with Gasteiger partial charge < -0.3 is 37.5 Å². The minimum atomic E-state index is -0.368. The van der Waals surface area contributed by atoms with E-state index in [4.69, 9.17) is 16.2 Å². The number of carbonyl (C=O) groups excluding carboxylic acids is 1. The molecule has 1 rings (SSSR count). The summed E-state index contributed by atoms with van der Waals surface area (Å²) in [6.45, 7) is 7.50. The molecule has 0 aliphatic rings. The Bertz CT molecular complexity index is 547. The van der Waals surface area contributed by atoms with Crippen molar-refractivity contribution in [1.29, 1.82) is 0 Å². The molecule has 0 spiro atoms. The lowest BCUT2D eigenvalue weighted by molar-refractivity contribution is 0.134. The highest BCUT2D eigenvalue weighted by Crippen LogP contribution is 2.03. The van der Waals surface area contributed by atoms with Crippen LogP contribution in [-0.4, -0.2) is 64.5 Å². The summed E-state index contributed by atoms with van der Waals surface area (Å²) in [6.07, 6.45) is 6.95. The Morgan fingerprint density at radius 1 is 0.781 bits per heavy atom. The molecule has 0 fully saturated rings. The number of hydrogen-bond donors (Lipinski definition) is 6. The van der Waals surface area contributed by atoms with E-state index in [2.05, 4.69) is 21.3 Å². The fourth-order valence-electron chi connectivity index (χ4n) is 3.28. The summed E-state index contributed by atoms with van der Waals surface area (Å²) >= 11 is 0. The molecule has 0 aliphatic heterocycles. The van der Waals surface area contributed by atoms with Gasteiger partial charge in [-0.25, -0.2) is 4.79 Å². The second-order valence-corrected chi connectivity index (χ2v) is 8.09. The molecule has 184 valence electrons. The fraction of sp³-hybridized carbons (Fsp3) is 0.708. The topological polar surface area (TPSA) is 126 Å². The predicted octanol–water partition coefficient (Wildman–Crippen LogP) is 1.70. The second kappa shape index (κ2) is 21.2. The molecule has 0 heterocycles. The molecule has 8 heteroatoms. The fourth-order valence-corrected chi connectivity index (χ4v) is 3.28. The molecule has 0 saturated carbocycles. The summed E-state index contributed by atoms with van der Waals surface area (Å²) < 4.78 is 5.36. The molecule has 0 unspecified atom stereocenters. The van der Waals surface area contributed by atoms with Crippen LogP contribution in [0.2, 0.25) is 0 Å². The van der Waals surface area contributed by atoms with Crippen LogP contribution in [0.3, 0.4) is 0 Å². The SMILES string of the molecule is NCCCC[C@@H](CNCCCNCCCCNCCCN)NC(=O)OCc1ccccc1. The van der Waals surface area contributed by atoms with E-state index in [0.717, 1.165) is 83.5 Å². The average Bonchev–Trinajstić information content (AvgIpc) is 2.81. The third-order valence-electron chi connectivity index (χ3n) is 5.15. The van der Waals surface area contributed by atoms with Crippen LogP contribution in [-0.2, 0) is 11.3 Å². The molecule has 0 bridgehead atoms. The molecule has 0 radical (unpaired) electrons. The van der Waals surface area contributed by atoms with Gasteiger partial charge in [-0.2, -0.15) is 0 Å². The summed E-state index contributed by atoms with van der Waals surface area (Å²) in [5.41, 5.74) is 12.1. The van der Waals surface area contributed by atoms with Crippen molar-refractivity contribution in [2.24, 2.45) is 11.5 Å². The molecular weight excluding hydrogens is 404 g/mol. The second-order valence-electron chi connectivity index (χ2n) is 8.09. The standard InChI is InChI=1S/C24H46N6O2/c25-13-5-4-12-23(30-24(31)32-21-22-10-2-1-3-11-22)20-29-19-9-18-28-16-7-6-15-27-17-8-14-26/h1-3,10-11,23,27-29H,4-9,12-21,25-26H2,(H,30,31)/t23-/m0/s1. The molecule has 1 atom stereocenters. The van der Waals surface area contributed by atoms with Crippen LogP contribution in [0.5, 0.6) is 0 Å². The summed E-state index contributed by atoms with van der Waals surface area (Å²) in [4.78, 5) is 12.2. The van der Waals surface area contributed by atoms with E-state index in [1.807, 2.05) is 30.3 Å². The van der Waals surface area contributed by atoms with Gasteiger partial charge in [-0.05, 0) is 89.9 Å². The van der Waals surface area contributed by atoms with Gasteiger partial charge in [-0.3, -0.25) is 0 Å². The van der Waals surface area contributed by atoms with Gasteiger partial charge in [-0.15, -0.1) is 0 Å². The third-order valence-corrected chi connectivity index (χ3v) is 5.15. The number of nitrogens with one attached hydrogen (secondary N) is 4. The predicted molar refractivity (Wildman–Crippen MR) is 133 cm³/mol. The van der Waals surface area contributed by atoms with Crippen LogP contribution >= 0.6 is 0 Å². The lowest BCUT2D eigenvalue weighted by atomic mass is 10.1. The van der Waals surface area contributed by atoms with Gasteiger partial charge in [0.2, 0.25) is 0 Å². The first-order chi connectivity index (χ1) is 15.8. The van der Waals surface area contributed by atoms with Gasteiger partial charge >= 0.3 is 6.09 Å². The molecule has 1 aromatic carbocycles. The van der Waals surface area contributed by atoms with Crippen molar-refractivity contribution in [2.75, 3.05) is 52.4 Å². The first-order valence-electron chi connectivity index (χ1n) is 12.3. The maximum atomic E-state index is 12.2. The van der Waals surface area contributed by atoms with Gasteiger partial charge in [0.15, 0.2) is 0 Å². The van der Waals surface area contributed by atoms with Crippen molar-refractivity contribution in [1.82, 2.24) is 21.3 Å². The van der Waals surface area contributed by atoms with Crippen molar-refractivity contribution >= 4 is 6.09 Å². The van der Waals surface area contributed by atoms with E-state index in [1.54, 1.807) is 0 Å². The number of rotatable bonds is 21. The normalized spacial score (nSPS) is 11.9. The van der Waals surface area contributed by atoms with Crippen molar-refractivity contribution in [2.45, 2.75) is 57.6 Å². The molecule has 8 N–H and O–H groups in total. The minimum absolute atomic E-state index is 0.0459. The largest absolute Gasteiger partial charge is 0.445 e. The Kier molecular flexibility index (Phi) is 18.7. The highest BCUT2D eigenvalue weighted by Gasteiger charge is 2.13. The number of amides is 1. The lowest BCUT2D eigenvalue weighted by Crippen LogP contribution is -2.42. The molecular formula is C24H46N6O2. The quantitative estimate of drug-likeness (QED) is 0.157. The number of unbranched alkanes of at least 4 members (excludes halogenated alkanes) is 2. The van der Waals surface area contributed by atoms with Crippen LogP contribution in [0.25, 0.3) is 0 Å². The minimum Gasteiger partial charge on any atom is -0.445 e. The highest BCUT2D eigenvalue weighted by atomic mass is 16.5. The maximum absolute atomic E-state index is 12.2. The monoisotopic (exact) mass is 450 g/mol. The first-order valence-corrected chi connectivity index (χ1v) is 12.3. The van der Waals surface area contributed by atoms with Gasteiger partial charge in [-0.1, -0.05) is 36.8 Å². The van der Waals surface area contributed by atoms with Gasteiger partial charge in [0, 0.05) is 12.6 Å². The summed E-state index contributed by atoms with van der Waals surface area (Å²) in [7, 11) is 0. The number of alkyl carbamates (subject to hydrolysis) is 1. The zero-order valence-electron chi connectivity index (χ0n) is 19.7. The van der Waals surface area contributed by atoms with Crippen molar-refractivity contribution in [3.8, 4) is 0 Å². The Hall–Kier alpha value is -1.71. The lowest BCUT2D eigenvalue weighted by Gasteiger charge is -2.19. The summed E-state index contributed by atoms with van der Waals surface area (Å²) in [5, 5.41) is 13.3. The average molecular weight is 451 g/mol. The van der Waals surface area contributed by atoms with Gasteiger partial charge in [0.25, 0.3) is 0 Å². The van der Waals surface area contributed by atoms with E-state index in [0.29, 0.717) is 6.54 Å².